The maximum Gasteiger partial charge on any atom is 0.125 e. The molecule has 1 aromatic rings. The Labute approximate surface area is 90.5 Å². The smallest absolute Gasteiger partial charge is 0.125 e. The van der Waals surface area contributed by atoms with E-state index in [0.29, 0.717) is 5.41 Å². The molecule has 0 bridgehead atoms. The molecular formula is C12H17N3. The van der Waals surface area contributed by atoms with E-state index in [1.807, 2.05) is 19.3 Å². The third-order valence-corrected chi connectivity index (χ3v) is 3.85. The van der Waals surface area contributed by atoms with E-state index >= 15 is 0 Å². The van der Waals surface area contributed by atoms with Crippen LogP contribution in [0.1, 0.15) is 31.5 Å². The van der Waals surface area contributed by atoms with Gasteiger partial charge in [0.25, 0.3) is 0 Å². The van der Waals surface area contributed by atoms with E-state index in [2.05, 4.69) is 14.9 Å². The Morgan fingerprint density at radius 2 is 1.73 bits per heavy atom. The summed E-state index contributed by atoms with van der Waals surface area (Å²) in [6.45, 7) is 4.37. The molecular weight excluding hydrogens is 186 g/mol. The van der Waals surface area contributed by atoms with Crippen LogP contribution in [0.2, 0.25) is 0 Å². The molecule has 0 unspecified atom stereocenters. The van der Waals surface area contributed by atoms with Crippen molar-refractivity contribution in [2.45, 2.75) is 32.6 Å². The zero-order valence-electron chi connectivity index (χ0n) is 9.24. The Balaban J connectivity index is 1.69. The van der Waals surface area contributed by atoms with Gasteiger partial charge in [0, 0.05) is 18.5 Å². The van der Waals surface area contributed by atoms with Crippen LogP contribution >= 0.6 is 0 Å². The zero-order valence-corrected chi connectivity index (χ0v) is 9.24. The molecule has 0 amide bonds. The molecule has 2 fully saturated rings. The first-order valence-electron chi connectivity index (χ1n) is 5.81. The number of hydrogen-bond acceptors (Lipinski definition) is 3. The summed E-state index contributed by atoms with van der Waals surface area (Å²) < 4.78 is 0. The van der Waals surface area contributed by atoms with Gasteiger partial charge in [0.2, 0.25) is 0 Å². The summed E-state index contributed by atoms with van der Waals surface area (Å²) in [5.41, 5.74) is 1.85. The van der Waals surface area contributed by atoms with Crippen LogP contribution in [0, 0.1) is 12.3 Å². The van der Waals surface area contributed by atoms with Crippen molar-refractivity contribution in [1.29, 1.82) is 0 Å². The maximum atomic E-state index is 4.24. The lowest BCUT2D eigenvalue weighted by atomic mass is 9.78. The number of nitrogens with zero attached hydrogens (tertiary/aromatic N) is 3. The number of rotatable bonds is 1. The van der Waals surface area contributed by atoms with Crippen LogP contribution in [-0.4, -0.2) is 23.1 Å². The van der Waals surface area contributed by atoms with Crippen LogP contribution in [0.3, 0.4) is 0 Å². The number of hydrogen-bond donors (Lipinski definition) is 0. The standard InChI is InChI=1S/C12H17N3/c1-10-13-6-11(7-14-10)15-8-12(9-15)4-2-3-5-12/h6-7H,2-5,8-9H2,1H3. The number of anilines is 1. The molecule has 0 atom stereocenters. The van der Waals surface area contributed by atoms with E-state index in [-0.39, 0.29) is 0 Å². The second-order valence-electron chi connectivity index (χ2n) is 5.05. The second kappa shape index (κ2) is 3.19. The van der Waals surface area contributed by atoms with Gasteiger partial charge in [-0.05, 0) is 19.8 Å². The molecule has 3 heteroatoms. The molecule has 80 valence electrons. The van der Waals surface area contributed by atoms with Gasteiger partial charge in [-0.2, -0.15) is 0 Å². The average molecular weight is 203 g/mol. The predicted octanol–water partition coefficient (Wildman–Crippen LogP) is 2.17. The fourth-order valence-electron chi connectivity index (χ4n) is 2.94. The molecule has 0 radical (unpaired) electrons. The van der Waals surface area contributed by atoms with E-state index in [1.54, 1.807) is 0 Å². The van der Waals surface area contributed by atoms with Crippen molar-refractivity contribution >= 4 is 5.69 Å². The second-order valence-corrected chi connectivity index (χ2v) is 5.05. The highest BCUT2D eigenvalue weighted by atomic mass is 15.2. The van der Waals surface area contributed by atoms with Gasteiger partial charge in [-0.15, -0.1) is 0 Å². The largest absolute Gasteiger partial charge is 0.368 e. The van der Waals surface area contributed by atoms with E-state index in [9.17, 15) is 0 Å². The number of aromatic nitrogens is 2. The molecule has 1 saturated carbocycles. The van der Waals surface area contributed by atoms with Crippen molar-refractivity contribution in [2.24, 2.45) is 5.41 Å². The van der Waals surface area contributed by atoms with Crippen LogP contribution in [-0.2, 0) is 0 Å². The average Bonchev–Trinajstić information content (AvgIpc) is 2.66. The topological polar surface area (TPSA) is 29.0 Å². The molecule has 2 heterocycles. The van der Waals surface area contributed by atoms with Crippen molar-refractivity contribution < 1.29 is 0 Å². The molecule has 1 spiro atoms. The lowest BCUT2D eigenvalue weighted by molar-refractivity contribution is 0.221. The Bertz CT molecular complexity index is 344. The summed E-state index contributed by atoms with van der Waals surface area (Å²) in [5, 5.41) is 0. The summed E-state index contributed by atoms with van der Waals surface area (Å²) in [7, 11) is 0. The van der Waals surface area contributed by atoms with Crippen LogP contribution in [0.15, 0.2) is 12.4 Å². The van der Waals surface area contributed by atoms with Crippen LogP contribution in [0.4, 0.5) is 5.69 Å². The molecule has 3 nitrogen and oxygen atoms in total. The van der Waals surface area contributed by atoms with E-state index in [4.69, 9.17) is 0 Å². The van der Waals surface area contributed by atoms with Gasteiger partial charge in [0.15, 0.2) is 0 Å². The molecule has 1 aromatic heterocycles. The van der Waals surface area contributed by atoms with Crippen molar-refractivity contribution in [2.75, 3.05) is 18.0 Å². The van der Waals surface area contributed by atoms with E-state index in [1.165, 1.54) is 44.5 Å². The molecule has 0 aromatic carbocycles. The first kappa shape index (κ1) is 9.13. The molecule has 1 saturated heterocycles. The molecule has 15 heavy (non-hydrogen) atoms. The highest BCUT2D eigenvalue weighted by molar-refractivity contribution is 5.46. The predicted molar refractivity (Wildman–Crippen MR) is 59.9 cm³/mol. The van der Waals surface area contributed by atoms with Crippen molar-refractivity contribution in [3.8, 4) is 0 Å². The third-order valence-electron chi connectivity index (χ3n) is 3.85. The van der Waals surface area contributed by atoms with Gasteiger partial charge in [-0.25, -0.2) is 9.97 Å². The minimum atomic E-state index is 0.658. The van der Waals surface area contributed by atoms with Gasteiger partial charge in [-0.1, -0.05) is 12.8 Å². The van der Waals surface area contributed by atoms with Gasteiger partial charge in [0.1, 0.15) is 5.82 Å². The fraction of sp³-hybridized carbons (Fsp3) is 0.667. The van der Waals surface area contributed by atoms with E-state index in [0.717, 1.165) is 5.82 Å². The first-order valence-corrected chi connectivity index (χ1v) is 5.81. The minimum Gasteiger partial charge on any atom is -0.368 e. The number of aryl methyl sites for hydroxylation is 1. The first-order chi connectivity index (χ1) is 7.27. The highest BCUT2D eigenvalue weighted by Gasteiger charge is 2.44. The normalized spacial score (nSPS) is 23.1. The Morgan fingerprint density at radius 3 is 2.33 bits per heavy atom. The van der Waals surface area contributed by atoms with Crippen LogP contribution < -0.4 is 4.90 Å². The van der Waals surface area contributed by atoms with Gasteiger partial charge >= 0.3 is 0 Å². The highest BCUT2D eigenvalue weighted by Crippen LogP contribution is 2.46. The summed E-state index contributed by atoms with van der Waals surface area (Å²) in [4.78, 5) is 10.9. The molecule has 3 rings (SSSR count). The van der Waals surface area contributed by atoms with Crippen LogP contribution in [0.25, 0.3) is 0 Å². The molecule has 1 aliphatic heterocycles. The summed E-state index contributed by atoms with van der Waals surface area (Å²) in [5.74, 6) is 0.856. The third kappa shape index (κ3) is 1.50. The Morgan fingerprint density at radius 1 is 1.13 bits per heavy atom. The summed E-state index contributed by atoms with van der Waals surface area (Å²) in [6.07, 6.45) is 9.61. The Kier molecular flexibility index (Phi) is 1.94. The van der Waals surface area contributed by atoms with Crippen molar-refractivity contribution in [1.82, 2.24) is 9.97 Å². The van der Waals surface area contributed by atoms with Gasteiger partial charge in [0.05, 0.1) is 18.1 Å². The quantitative estimate of drug-likeness (QED) is 0.700. The van der Waals surface area contributed by atoms with Gasteiger partial charge < -0.3 is 4.90 Å². The molecule has 0 N–H and O–H groups in total. The summed E-state index contributed by atoms with van der Waals surface area (Å²) >= 11 is 0. The van der Waals surface area contributed by atoms with Crippen molar-refractivity contribution in [3.05, 3.63) is 18.2 Å². The SMILES string of the molecule is Cc1ncc(N2CC3(CCCC3)C2)cn1. The Hall–Kier alpha value is -1.12. The lowest BCUT2D eigenvalue weighted by Gasteiger charge is -2.49. The van der Waals surface area contributed by atoms with E-state index < -0.39 is 0 Å². The van der Waals surface area contributed by atoms with Crippen molar-refractivity contribution in [3.63, 3.8) is 0 Å². The maximum absolute atomic E-state index is 4.24. The lowest BCUT2D eigenvalue weighted by Crippen LogP contribution is -2.55. The zero-order chi connectivity index (χ0) is 10.3. The van der Waals surface area contributed by atoms with Gasteiger partial charge in [-0.3, -0.25) is 0 Å². The molecule has 1 aliphatic carbocycles. The minimum absolute atomic E-state index is 0.658. The molecule has 2 aliphatic rings. The van der Waals surface area contributed by atoms with Crippen LogP contribution in [0.5, 0.6) is 0 Å². The monoisotopic (exact) mass is 203 g/mol. The fourth-order valence-corrected chi connectivity index (χ4v) is 2.94. The summed E-state index contributed by atoms with van der Waals surface area (Å²) in [6, 6.07) is 0.